The highest BCUT2D eigenvalue weighted by atomic mass is 16.3. The van der Waals surface area contributed by atoms with Crippen LogP contribution >= 0.6 is 0 Å². The van der Waals surface area contributed by atoms with Gasteiger partial charge < -0.3 is 20.6 Å². The first-order chi connectivity index (χ1) is 31.0. The van der Waals surface area contributed by atoms with E-state index in [9.17, 15) is 20.1 Å². The van der Waals surface area contributed by atoms with E-state index in [0.29, 0.717) is 12.8 Å². The summed E-state index contributed by atoms with van der Waals surface area (Å²) in [4.78, 5) is 12.6. The number of hydrogen-bond donors (Lipinski definition) is 4. The third kappa shape index (κ3) is 50.6. The van der Waals surface area contributed by atoms with E-state index in [0.717, 1.165) is 25.7 Å². The summed E-state index contributed by atoms with van der Waals surface area (Å²) in [6, 6.07) is -0.654. The van der Waals surface area contributed by atoms with Gasteiger partial charge in [-0.1, -0.05) is 322 Å². The topological polar surface area (TPSA) is 89.8 Å². The summed E-state index contributed by atoms with van der Waals surface area (Å²) in [5.74, 6) is -0.274. The average Bonchev–Trinajstić information content (AvgIpc) is 3.28. The lowest BCUT2D eigenvalue weighted by atomic mass is 10.0. The summed E-state index contributed by atoms with van der Waals surface area (Å²) in [5.41, 5.74) is 0. The standard InChI is InChI=1S/C58H117NO4/c1-3-5-7-9-11-13-15-17-19-21-23-25-27-28-29-30-31-33-35-37-39-41-43-45-47-49-51-55(61)53-58(63)59-56(54-60)57(62)52-50-48-46-44-42-40-38-36-34-32-26-24-22-20-18-16-14-12-10-8-6-4-2/h55-57,60-62H,3-54H2,1-2H3,(H,59,63). The van der Waals surface area contributed by atoms with Crippen LogP contribution in [0.2, 0.25) is 0 Å². The predicted octanol–water partition coefficient (Wildman–Crippen LogP) is 18.1. The van der Waals surface area contributed by atoms with Crippen molar-refractivity contribution in [3.8, 4) is 0 Å². The number of carbonyl (C=O) groups is 1. The molecule has 0 saturated carbocycles. The third-order valence-corrected chi connectivity index (χ3v) is 14.2. The Morgan fingerprint density at radius 3 is 0.762 bits per heavy atom. The fourth-order valence-corrected chi connectivity index (χ4v) is 9.70. The van der Waals surface area contributed by atoms with E-state index in [-0.39, 0.29) is 18.9 Å². The first-order valence-electron chi connectivity index (χ1n) is 29.3. The number of rotatable bonds is 55. The van der Waals surface area contributed by atoms with Gasteiger partial charge in [-0.3, -0.25) is 4.79 Å². The summed E-state index contributed by atoms with van der Waals surface area (Å²) < 4.78 is 0. The van der Waals surface area contributed by atoms with Crippen LogP contribution in [0.3, 0.4) is 0 Å². The zero-order valence-corrected chi connectivity index (χ0v) is 43.3. The molecule has 5 heteroatoms. The molecule has 0 bridgehead atoms. The van der Waals surface area contributed by atoms with Crippen molar-refractivity contribution in [1.29, 1.82) is 0 Å². The van der Waals surface area contributed by atoms with E-state index in [1.807, 2.05) is 0 Å². The number of unbranched alkanes of at least 4 members (excludes halogenated alkanes) is 46. The van der Waals surface area contributed by atoms with Crippen molar-refractivity contribution in [3.05, 3.63) is 0 Å². The van der Waals surface area contributed by atoms with Crippen LogP contribution in [0, 0.1) is 0 Å². The van der Waals surface area contributed by atoms with Gasteiger partial charge in [-0.15, -0.1) is 0 Å². The molecule has 3 atom stereocenters. The lowest BCUT2D eigenvalue weighted by Gasteiger charge is -2.23. The second kappa shape index (κ2) is 54.0. The fraction of sp³-hybridized carbons (Fsp3) is 0.983. The molecular weight excluding hydrogens is 775 g/mol. The molecule has 0 heterocycles. The Morgan fingerprint density at radius 1 is 0.333 bits per heavy atom. The van der Waals surface area contributed by atoms with Gasteiger partial charge in [-0.05, 0) is 12.8 Å². The molecule has 0 aliphatic heterocycles. The lowest BCUT2D eigenvalue weighted by Crippen LogP contribution is -2.46. The molecule has 0 aliphatic rings. The molecular formula is C58H117NO4. The summed E-state index contributed by atoms with van der Waals surface area (Å²) >= 11 is 0. The third-order valence-electron chi connectivity index (χ3n) is 14.2. The fourth-order valence-electron chi connectivity index (χ4n) is 9.70. The number of aliphatic hydroxyl groups excluding tert-OH is 3. The molecule has 0 spiro atoms. The maximum atomic E-state index is 12.6. The monoisotopic (exact) mass is 892 g/mol. The van der Waals surface area contributed by atoms with Crippen LogP contribution in [0.15, 0.2) is 0 Å². The summed E-state index contributed by atoms with van der Waals surface area (Å²) in [6.07, 6.45) is 65.5. The van der Waals surface area contributed by atoms with Crippen LogP contribution in [-0.4, -0.2) is 46.1 Å². The second-order valence-electron chi connectivity index (χ2n) is 20.6. The van der Waals surface area contributed by atoms with Crippen LogP contribution in [-0.2, 0) is 4.79 Å². The van der Waals surface area contributed by atoms with Gasteiger partial charge in [-0.2, -0.15) is 0 Å². The number of nitrogens with one attached hydrogen (secondary N) is 1. The molecule has 0 aliphatic carbocycles. The second-order valence-corrected chi connectivity index (χ2v) is 20.6. The van der Waals surface area contributed by atoms with Gasteiger partial charge in [0.15, 0.2) is 0 Å². The van der Waals surface area contributed by atoms with Crippen molar-refractivity contribution < 1.29 is 20.1 Å². The molecule has 4 N–H and O–H groups in total. The molecule has 0 rings (SSSR count). The zero-order valence-electron chi connectivity index (χ0n) is 43.3. The number of aliphatic hydroxyl groups is 3. The Hall–Kier alpha value is -0.650. The molecule has 63 heavy (non-hydrogen) atoms. The van der Waals surface area contributed by atoms with Crippen LogP contribution in [0.1, 0.15) is 341 Å². The van der Waals surface area contributed by atoms with Crippen LogP contribution < -0.4 is 5.32 Å². The predicted molar refractivity (Wildman–Crippen MR) is 278 cm³/mol. The minimum absolute atomic E-state index is 0.0437. The van der Waals surface area contributed by atoms with Gasteiger partial charge >= 0.3 is 0 Å². The first-order valence-corrected chi connectivity index (χ1v) is 29.3. The number of amides is 1. The van der Waals surface area contributed by atoms with Gasteiger partial charge in [0.2, 0.25) is 5.91 Å². The highest BCUT2D eigenvalue weighted by Gasteiger charge is 2.21. The maximum Gasteiger partial charge on any atom is 0.222 e. The Bertz CT molecular complexity index is 853. The quantitative estimate of drug-likeness (QED) is 0.0458. The van der Waals surface area contributed by atoms with Gasteiger partial charge in [0.1, 0.15) is 0 Å². The largest absolute Gasteiger partial charge is 0.394 e. The number of hydrogen-bond acceptors (Lipinski definition) is 4. The highest BCUT2D eigenvalue weighted by molar-refractivity contribution is 5.76. The van der Waals surface area contributed by atoms with Gasteiger partial charge in [0.25, 0.3) is 0 Å². The van der Waals surface area contributed by atoms with Crippen molar-refractivity contribution in [2.75, 3.05) is 6.61 Å². The SMILES string of the molecule is CCCCCCCCCCCCCCCCCCCCCCCCCCCCC(O)CC(=O)NC(CO)C(O)CCCCCCCCCCCCCCCCCCCCCCCC. The van der Waals surface area contributed by atoms with Crippen molar-refractivity contribution in [2.45, 2.75) is 360 Å². The molecule has 0 aromatic rings. The molecule has 0 aromatic carbocycles. The Kier molecular flexibility index (Phi) is 53.4. The average molecular weight is 893 g/mol. The smallest absolute Gasteiger partial charge is 0.222 e. The van der Waals surface area contributed by atoms with E-state index in [2.05, 4.69) is 19.2 Å². The lowest BCUT2D eigenvalue weighted by molar-refractivity contribution is -0.125. The molecule has 0 radical (unpaired) electrons. The summed E-state index contributed by atoms with van der Waals surface area (Å²) in [7, 11) is 0. The van der Waals surface area contributed by atoms with Gasteiger partial charge in [0.05, 0.1) is 31.3 Å². The normalized spacial score (nSPS) is 13.2. The molecule has 0 aromatic heterocycles. The molecule has 1 amide bonds. The van der Waals surface area contributed by atoms with E-state index >= 15 is 0 Å². The molecule has 3 unspecified atom stereocenters. The summed E-state index contributed by atoms with van der Waals surface area (Å²) in [6.45, 7) is 4.31. The van der Waals surface area contributed by atoms with Crippen molar-refractivity contribution in [2.24, 2.45) is 0 Å². The van der Waals surface area contributed by atoms with Gasteiger partial charge in [-0.25, -0.2) is 0 Å². The molecule has 0 saturated heterocycles. The zero-order chi connectivity index (χ0) is 45.8. The van der Waals surface area contributed by atoms with Crippen molar-refractivity contribution >= 4 is 5.91 Å². The van der Waals surface area contributed by atoms with Crippen molar-refractivity contribution in [1.82, 2.24) is 5.32 Å². The Labute approximate surface area is 396 Å². The van der Waals surface area contributed by atoms with Crippen LogP contribution in [0.5, 0.6) is 0 Å². The van der Waals surface area contributed by atoms with Gasteiger partial charge in [0, 0.05) is 0 Å². The minimum atomic E-state index is -0.745. The van der Waals surface area contributed by atoms with Crippen LogP contribution in [0.25, 0.3) is 0 Å². The van der Waals surface area contributed by atoms with Crippen LogP contribution in [0.4, 0.5) is 0 Å². The van der Waals surface area contributed by atoms with E-state index in [4.69, 9.17) is 0 Å². The molecule has 0 fully saturated rings. The highest BCUT2D eigenvalue weighted by Crippen LogP contribution is 2.19. The molecule has 378 valence electrons. The maximum absolute atomic E-state index is 12.6. The Balaban J connectivity index is 3.48. The first kappa shape index (κ1) is 62.4. The van der Waals surface area contributed by atoms with E-state index in [1.54, 1.807) is 0 Å². The number of carbonyl (C=O) groups excluding carboxylic acids is 1. The van der Waals surface area contributed by atoms with E-state index < -0.39 is 18.2 Å². The minimum Gasteiger partial charge on any atom is -0.394 e. The summed E-state index contributed by atoms with van der Waals surface area (Å²) in [5, 5.41) is 33.7. The van der Waals surface area contributed by atoms with Crippen molar-refractivity contribution in [3.63, 3.8) is 0 Å². The Morgan fingerprint density at radius 2 is 0.540 bits per heavy atom. The molecule has 5 nitrogen and oxygen atoms in total. The van der Waals surface area contributed by atoms with E-state index in [1.165, 1.54) is 283 Å².